The van der Waals surface area contributed by atoms with Crippen molar-refractivity contribution in [2.45, 2.75) is 10.9 Å². The van der Waals surface area contributed by atoms with Crippen LogP contribution in [0.4, 0.5) is 8.78 Å². The van der Waals surface area contributed by atoms with Crippen molar-refractivity contribution in [1.82, 2.24) is 0 Å². The van der Waals surface area contributed by atoms with Crippen molar-refractivity contribution < 1.29 is 26.1 Å². The minimum absolute atomic E-state index is 0.393. The van der Waals surface area contributed by atoms with Gasteiger partial charge in [-0.15, -0.1) is 0 Å². The quantitative estimate of drug-likeness (QED) is 0.542. The minimum atomic E-state index is -3.95. The second-order valence-electron chi connectivity index (χ2n) is 3.16. The third kappa shape index (κ3) is 4.94. The van der Waals surface area contributed by atoms with Crippen molar-refractivity contribution in [2.24, 2.45) is 0 Å². The van der Waals surface area contributed by atoms with E-state index in [1.807, 2.05) is 0 Å². The third-order valence-electron chi connectivity index (χ3n) is 1.70. The fraction of sp³-hybridized carbons (Fsp3) is 0.333. The van der Waals surface area contributed by atoms with Crippen molar-refractivity contribution in [3.63, 3.8) is 0 Å². The normalized spacial score (nSPS) is 12.5. The van der Waals surface area contributed by atoms with Crippen molar-refractivity contribution in [3.05, 3.63) is 24.3 Å². The van der Waals surface area contributed by atoms with Crippen molar-refractivity contribution in [3.8, 4) is 11.5 Å². The van der Waals surface area contributed by atoms with E-state index in [9.17, 15) is 17.2 Å². The SMILES string of the molecule is O=S(=O)(CBr)Oc1ccccc1OC(F)(F)C(Cl)Cl. The highest BCUT2D eigenvalue weighted by atomic mass is 79.9. The molecule has 0 radical (unpaired) electrons. The number of ether oxygens (including phenoxy) is 1. The molecule has 0 aromatic heterocycles. The lowest BCUT2D eigenvalue weighted by Gasteiger charge is -2.20. The number of hydrogen-bond acceptors (Lipinski definition) is 4. The van der Waals surface area contributed by atoms with Crippen LogP contribution in [-0.2, 0) is 10.1 Å². The lowest BCUT2D eigenvalue weighted by molar-refractivity contribution is -0.164. The largest absolute Gasteiger partial charge is 0.428 e. The van der Waals surface area contributed by atoms with Gasteiger partial charge in [0.15, 0.2) is 11.5 Å². The Morgan fingerprint density at radius 1 is 1.26 bits per heavy atom. The first-order valence-corrected chi connectivity index (χ1v) is 8.17. The lowest BCUT2D eigenvalue weighted by Crippen LogP contribution is -2.32. The number of hydrogen-bond donors (Lipinski definition) is 0. The second-order valence-corrected chi connectivity index (χ2v) is 7.13. The number of rotatable bonds is 6. The molecule has 0 aliphatic heterocycles. The molecule has 0 saturated heterocycles. The van der Waals surface area contributed by atoms with Gasteiger partial charge >= 0.3 is 16.2 Å². The Bertz CT molecular complexity index is 539. The highest BCUT2D eigenvalue weighted by Crippen LogP contribution is 2.35. The highest BCUT2D eigenvalue weighted by Gasteiger charge is 2.41. The Morgan fingerprint density at radius 3 is 2.26 bits per heavy atom. The van der Waals surface area contributed by atoms with Crippen molar-refractivity contribution in [1.29, 1.82) is 0 Å². The molecule has 108 valence electrons. The van der Waals surface area contributed by atoms with E-state index in [1.54, 1.807) is 0 Å². The van der Waals surface area contributed by atoms with Crippen LogP contribution in [-0.4, -0.2) is 24.0 Å². The molecule has 0 aliphatic rings. The number of para-hydroxylation sites is 2. The summed E-state index contributed by atoms with van der Waals surface area (Å²) in [6.45, 7) is 0. The molecule has 0 aliphatic carbocycles. The maximum Gasteiger partial charge on any atom is 0.428 e. The smallest absolute Gasteiger partial charge is 0.427 e. The molecule has 0 heterocycles. The Hall–Kier alpha value is -0.310. The van der Waals surface area contributed by atoms with Gasteiger partial charge < -0.3 is 8.92 Å². The maximum atomic E-state index is 13.2. The molecule has 1 aromatic rings. The summed E-state index contributed by atoms with van der Waals surface area (Å²) in [6.07, 6.45) is -3.89. The molecule has 1 rings (SSSR count). The first-order chi connectivity index (χ1) is 8.68. The molecule has 0 amide bonds. The van der Waals surface area contributed by atoms with Gasteiger partial charge in [0.1, 0.15) is 4.66 Å². The molecule has 4 nitrogen and oxygen atoms in total. The van der Waals surface area contributed by atoms with Crippen LogP contribution >= 0.6 is 39.1 Å². The second kappa shape index (κ2) is 6.43. The van der Waals surface area contributed by atoms with Gasteiger partial charge in [0, 0.05) is 0 Å². The van der Waals surface area contributed by atoms with Gasteiger partial charge in [-0.3, -0.25) is 0 Å². The first kappa shape index (κ1) is 16.7. The summed E-state index contributed by atoms with van der Waals surface area (Å²) in [5, 5.41) is 0. The van der Waals surface area contributed by atoms with E-state index in [2.05, 4.69) is 24.8 Å². The zero-order valence-electron chi connectivity index (χ0n) is 9.02. The lowest BCUT2D eigenvalue weighted by atomic mass is 10.3. The fourth-order valence-corrected chi connectivity index (χ4v) is 1.78. The van der Waals surface area contributed by atoms with Gasteiger partial charge in [0.25, 0.3) is 0 Å². The first-order valence-electron chi connectivity index (χ1n) is 4.60. The van der Waals surface area contributed by atoms with E-state index >= 15 is 0 Å². The van der Waals surface area contributed by atoms with Crippen molar-refractivity contribution in [2.75, 3.05) is 4.66 Å². The summed E-state index contributed by atoms with van der Waals surface area (Å²) in [5.74, 6) is -0.890. The third-order valence-corrected chi connectivity index (χ3v) is 4.59. The van der Waals surface area contributed by atoms with E-state index in [0.717, 1.165) is 12.1 Å². The van der Waals surface area contributed by atoms with Crippen LogP contribution in [0.5, 0.6) is 11.5 Å². The van der Waals surface area contributed by atoms with E-state index in [-0.39, 0.29) is 0 Å². The van der Waals surface area contributed by atoms with E-state index in [1.165, 1.54) is 12.1 Å². The van der Waals surface area contributed by atoms with E-state index in [0.29, 0.717) is 0 Å². The Labute approximate surface area is 126 Å². The molecule has 10 heteroatoms. The molecule has 1 aromatic carbocycles. The molecule has 0 saturated carbocycles. The summed E-state index contributed by atoms with van der Waals surface area (Å²) >= 11 is 12.8. The highest BCUT2D eigenvalue weighted by molar-refractivity contribution is 9.10. The number of halogens is 5. The number of benzene rings is 1. The fourth-order valence-electron chi connectivity index (χ4n) is 0.954. The predicted molar refractivity (Wildman–Crippen MR) is 70.9 cm³/mol. The molecular formula is C9H7BrCl2F2O4S. The summed E-state index contributed by atoms with van der Waals surface area (Å²) in [4.78, 5) is -2.12. The van der Waals surface area contributed by atoms with Gasteiger partial charge in [0.05, 0.1) is 0 Å². The van der Waals surface area contributed by atoms with Crippen LogP contribution in [0.3, 0.4) is 0 Å². The zero-order valence-corrected chi connectivity index (χ0v) is 12.9. The summed E-state index contributed by atoms with van der Waals surface area (Å²) in [7, 11) is -3.95. The van der Waals surface area contributed by atoms with Crippen LogP contribution in [0, 0.1) is 0 Å². The molecule has 19 heavy (non-hydrogen) atoms. The summed E-state index contributed by atoms with van der Waals surface area (Å²) < 4.78 is 57.3. The van der Waals surface area contributed by atoms with E-state index in [4.69, 9.17) is 23.2 Å². The van der Waals surface area contributed by atoms with Gasteiger partial charge in [-0.05, 0) is 12.1 Å². The zero-order chi connectivity index (χ0) is 14.7. The standard InChI is InChI=1S/C9H7BrCl2F2O4S/c10-5-19(15,16)18-7-4-2-1-3-6(7)17-9(13,14)8(11)12/h1-4,8H,5H2. The predicted octanol–water partition coefficient (Wildman–Crippen LogP) is 3.52. The van der Waals surface area contributed by atoms with Crippen LogP contribution in [0.1, 0.15) is 0 Å². The van der Waals surface area contributed by atoms with Gasteiger partial charge in [-0.25, -0.2) is 0 Å². The molecule has 0 spiro atoms. The number of alkyl halides is 5. The van der Waals surface area contributed by atoms with Crippen molar-refractivity contribution >= 4 is 49.2 Å². The maximum absolute atomic E-state index is 13.2. The summed E-state index contributed by atoms with van der Waals surface area (Å²) in [6, 6.07) is 5.01. The molecule has 0 fully saturated rings. The summed E-state index contributed by atoms with van der Waals surface area (Å²) in [5.41, 5.74) is 0. The molecule has 0 atom stereocenters. The minimum Gasteiger partial charge on any atom is -0.427 e. The van der Waals surface area contributed by atoms with Crippen LogP contribution < -0.4 is 8.92 Å². The average Bonchev–Trinajstić information content (AvgIpc) is 2.31. The Balaban J connectivity index is 3.04. The van der Waals surface area contributed by atoms with Gasteiger partial charge in [-0.1, -0.05) is 51.3 Å². The van der Waals surface area contributed by atoms with Gasteiger partial charge in [-0.2, -0.15) is 17.2 Å². The molecule has 0 bridgehead atoms. The Kier molecular flexibility index (Phi) is 5.66. The van der Waals surface area contributed by atoms with E-state index < -0.39 is 37.2 Å². The Morgan fingerprint density at radius 2 is 1.79 bits per heavy atom. The van der Waals surface area contributed by atoms with Crippen LogP contribution in [0.2, 0.25) is 0 Å². The molecule has 0 unspecified atom stereocenters. The topological polar surface area (TPSA) is 52.6 Å². The van der Waals surface area contributed by atoms with Crippen LogP contribution in [0.25, 0.3) is 0 Å². The van der Waals surface area contributed by atoms with Crippen LogP contribution in [0.15, 0.2) is 24.3 Å². The molecule has 0 N–H and O–H groups in total. The average molecular weight is 400 g/mol. The molecular weight excluding hydrogens is 393 g/mol. The van der Waals surface area contributed by atoms with Gasteiger partial charge in [0.2, 0.25) is 4.84 Å². The monoisotopic (exact) mass is 398 g/mol.